The fraction of sp³-hybridized carbons (Fsp3) is 0. The molecule has 0 fully saturated rings. The molecule has 3 nitrogen and oxygen atoms in total. The molecule has 0 amide bonds. The van der Waals surface area contributed by atoms with Crippen LogP contribution >= 0.6 is 15.9 Å². The van der Waals surface area contributed by atoms with Crippen LogP contribution in [0.15, 0.2) is 22.7 Å². The van der Waals surface area contributed by atoms with Crippen molar-refractivity contribution in [1.82, 2.24) is 0 Å². The van der Waals surface area contributed by atoms with Crippen molar-refractivity contribution < 1.29 is 4.79 Å². The van der Waals surface area contributed by atoms with Crippen molar-refractivity contribution in [3.05, 3.63) is 28.2 Å². The van der Waals surface area contributed by atoms with Crippen LogP contribution in [0, 0.1) is 5.41 Å². The molecule has 12 heavy (non-hydrogen) atoms. The molecule has 0 heterocycles. The number of carbonyl (C=O) groups excluding carboxylic acids is 1. The molecule has 0 spiro atoms. The van der Waals surface area contributed by atoms with Crippen molar-refractivity contribution in [3.63, 3.8) is 0 Å². The van der Waals surface area contributed by atoms with Crippen molar-refractivity contribution in [2.45, 2.75) is 0 Å². The molecule has 0 saturated carbocycles. The summed E-state index contributed by atoms with van der Waals surface area (Å²) in [5, 5.41) is 7.25. The van der Waals surface area contributed by atoms with Gasteiger partial charge < -0.3 is 5.73 Å². The summed E-state index contributed by atoms with van der Waals surface area (Å²) >= 11 is 3.23. The van der Waals surface area contributed by atoms with Crippen LogP contribution in [0.3, 0.4) is 0 Å². The summed E-state index contributed by atoms with van der Waals surface area (Å²) in [6, 6.07) is 5.06. The maximum absolute atomic E-state index is 10.3. The summed E-state index contributed by atoms with van der Waals surface area (Å²) in [4.78, 5) is 10.3. The summed E-state index contributed by atoms with van der Waals surface area (Å²) in [5.41, 5.74) is 6.34. The van der Waals surface area contributed by atoms with Crippen molar-refractivity contribution in [2.75, 3.05) is 5.73 Å². The molecule has 62 valence electrons. The zero-order chi connectivity index (χ0) is 9.14. The molecule has 1 rings (SSSR count). The Morgan fingerprint density at radius 3 is 2.83 bits per heavy atom. The lowest BCUT2D eigenvalue weighted by molar-refractivity contribution is -0.102. The van der Waals surface area contributed by atoms with Gasteiger partial charge in [0.2, 0.25) is 0 Å². The van der Waals surface area contributed by atoms with Gasteiger partial charge in [0.25, 0.3) is 0 Å². The molecule has 1 aromatic carbocycles. The monoisotopic (exact) mass is 226 g/mol. The first-order chi connectivity index (χ1) is 5.65. The fourth-order valence-electron chi connectivity index (χ4n) is 0.825. The quantitative estimate of drug-likeness (QED) is 0.457. The van der Waals surface area contributed by atoms with E-state index in [0.29, 0.717) is 17.5 Å². The van der Waals surface area contributed by atoms with Crippen LogP contribution in [-0.2, 0) is 4.79 Å². The predicted octanol–water partition coefficient (Wildman–Crippen LogP) is 1.60. The van der Waals surface area contributed by atoms with Crippen LogP contribution in [0.1, 0.15) is 5.56 Å². The third-order valence-corrected chi connectivity index (χ3v) is 1.92. The number of nitrogen functional groups attached to an aromatic ring is 1. The van der Waals surface area contributed by atoms with E-state index in [2.05, 4.69) is 15.9 Å². The molecule has 0 atom stereocenters. The van der Waals surface area contributed by atoms with Gasteiger partial charge in [-0.3, -0.25) is 10.2 Å². The normalized spacial score (nSPS) is 9.42. The Labute approximate surface area is 78.2 Å². The molecule has 1 aromatic rings. The average molecular weight is 227 g/mol. The lowest BCUT2D eigenvalue weighted by Gasteiger charge is -2.02. The van der Waals surface area contributed by atoms with Gasteiger partial charge in [-0.05, 0) is 18.2 Å². The number of benzene rings is 1. The summed E-state index contributed by atoms with van der Waals surface area (Å²) < 4.78 is 0.804. The highest BCUT2D eigenvalue weighted by molar-refractivity contribution is 9.10. The number of hydrogen-bond acceptors (Lipinski definition) is 3. The van der Waals surface area contributed by atoms with Crippen LogP contribution < -0.4 is 5.73 Å². The van der Waals surface area contributed by atoms with Crippen LogP contribution in [0.25, 0.3) is 0 Å². The average Bonchev–Trinajstić information content (AvgIpc) is 2.08. The van der Waals surface area contributed by atoms with Gasteiger partial charge >= 0.3 is 0 Å². The van der Waals surface area contributed by atoms with Crippen molar-refractivity contribution in [1.29, 1.82) is 5.41 Å². The Balaban J connectivity index is 3.22. The van der Waals surface area contributed by atoms with E-state index in [9.17, 15) is 4.79 Å². The predicted molar refractivity (Wildman–Crippen MR) is 51.4 cm³/mol. The SMILES string of the molecule is N=C(C=O)c1cc(Br)ccc1N. The highest BCUT2D eigenvalue weighted by Crippen LogP contribution is 2.18. The Morgan fingerprint density at radius 1 is 1.58 bits per heavy atom. The number of carbonyl (C=O) groups is 1. The summed E-state index contributed by atoms with van der Waals surface area (Å²) in [5.74, 6) is 0. The van der Waals surface area contributed by atoms with Crippen molar-refractivity contribution in [2.24, 2.45) is 0 Å². The maximum atomic E-state index is 10.3. The molecule has 0 aliphatic heterocycles. The number of halogens is 1. The minimum Gasteiger partial charge on any atom is -0.398 e. The second-order valence-electron chi connectivity index (χ2n) is 2.26. The van der Waals surface area contributed by atoms with Gasteiger partial charge in [-0.15, -0.1) is 0 Å². The van der Waals surface area contributed by atoms with E-state index in [1.165, 1.54) is 0 Å². The molecule has 3 N–H and O–H groups in total. The van der Waals surface area contributed by atoms with E-state index >= 15 is 0 Å². The largest absolute Gasteiger partial charge is 0.398 e. The Hall–Kier alpha value is -1.16. The van der Waals surface area contributed by atoms with E-state index in [0.717, 1.165) is 4.47 Å². The zero-order valence-electron chi connectivity index (χ0n) is 6.17. The highest BCUT2D eigenvalue weighted by atomic mass is 79.9. The summed E-state index contributed by atoms with van der Waals surface area (Å²) in [6.07, 6.45) is 0.470. The molecule has 0 bridgehead atoms. The van der Waals surface area contributed by atoms with Gasteiger partial charge in [-0.1, -0.05) is 15.9 Å². The standard InChI is InChI=1S/C8H7BrN2O/c9-5-1-2-7(10)6(3-5)8(11)4-12/h1-4,11H,10H2. The zero-order valence-corrected chi connectivity index (χ0v) is 7.76. The van der Waals surface area contributed by atoms with E-state index in [1.54, 1.807) is 18.2 Å². The van der Waals surface area contributed by atoms with E-state index < -0.39 is 0 Å². The van der Waals surface area contributed by atoms with Crippen LogP contribution in [-0.4, -0.2) is 12.0 Å². The number of nitrogens with two attached hydrogens (primary N) is 1. The molecule has 0 aliphatic rings. The molecular weight excluding hydrogens is 220 g/mol. The molecule has 0 radical (unpaired) electrons. The van der Waals surface area contributed by atoms with E-state index in [4.69, 9.17) is 11.1 Å². The van der Waals surface area contributed by atoms with E-state index in [1.807, 2.05) is 0 Å². The molecule has 0 aliphatic carbocycles. The highest BCUT2D eigenvalue weighted by Gasteiger charge is 2.04. The Morgan fingerprint density at radius 2 is 2.25 bits per heavy atom. The van der Waals surface area contributed by atoms with Crippen molar-refractivity contribution >= 4 is 33.6 Å². The first kappa shape index (κ1) is 8.93. The van der Waals surface area contributed by atoms with Crippen LogP contribution in [0.4, 0.5) is 5.69 Å². The Bertz CT molecular complexity index is 336. The van der Waals surface area contributed by atoms with Gasteiger partial charge in [0, 0.05) is 15.7 Å². The minimum absolute atomic E-state index is 0.103. The molecule has 0 aromatic heterocycles. The first-order valence-electron chi connectivity index (χ1n) is 3.24. The van der Waals surface area contributed by atoms with E-state index in [-0.39, 0.29) is 5.71 Å². The number of anilines is 1. The molecular formula is C8H7BrN2O. The number of aldehydes is 1. The molecule has 0 unspecified atom stereocenters. The first-order valence-corrected chi connectivity index (χ1v) is 4.03. The smallest absolute Gasteiger partial charge is 0.168 e. The lowest BCUT2D eigenvalue weighted by Crippen LogP contribution is -2.04. The van der Waals surface area contributed by atoms with Crippen LogP contribution in [0.5, 0.6) is 0 Å². The van der Waals surface area contributed by atoms with Gasteiger partial charge in [0.15, 0.2) is 6.29 Å². The third-order valence-electron chi connectivity index (χ3n) is 1.42. The molecule has 4 heteroatoms. The van der Waals surface area contributed by atoms with Crippen LogP contribution in [0.2, 0.25) is 0 Å². The number of hydrogen-bond donors (Lipinski definition) is 2. The second-order valence-corrected chi connectivity index (χ2v) is 3.18. The second kappa shape index (κ2) is 3.49. The Kier molecular flexibility index (Phi) is 2.60. The summed E-state index contributed by atoms with van der Waals surface area (Å²) in [7, 11) is 0. The van der Waals surface area contributed by atoms with Gasteiger partial charge in [0.1, 0.15) is 5.71 Å². The minimum atomic E-state index is -0.103. The number of rotatable bonds is 2. The maximum Gasteiger partial charge on any atom is 0.168 e. The van der Waals surface area contributed by atoms with Crippen molar-refractivity contribution in [3.8, 4) is 0 Å². The van der Waals surface area contributed by atoms with Gasteiger partial charge in [-0.25, -0.2) is 0 Å². The molecule has 0 saturated heterocycles. The summed E-state index contributed by atoms with van der Waals surface area (Å²) in [6.45, 7) is 0. The van der Waals surface area contributed by atoms with Gasteiger partial charge in [0.05, 0.1) is 0 Å². The lowest BCUT2D eigenvalue weighted by atomic mass is 10.1. The third kappa shape index (κ3) is 1.71. The number of nitrogens with one attached hydrogen (secondary N) is 1. The fourth-order valence-corrected chi connectivity index (χ4v) is 1.19. The topological polar surface area (TPSA) is 66.9 Å². The van der Waals surface area contributed by atoms with Gasteiger partial charge in [-0.2, -0.15) is 0 Å².